The predicted molar refractivity (Wildman–Crippen MR) is 158 cm³/mol. The normalized spacial score (nSPS) is 11.4. The van der Waals surface area contributed by atoms with Crippen LogP contribution in [0.25, 0.3) is 33.1 Å². The van der Waals surface area contributed by atoms with E-state index >= 15 is 0 Å². The van der Waals surface area contributed by atoms with Crippen LogP contribution in [0.4, 0.5) is 0 Å². The zero-order chi connectivity index (χ0) is 28.7. The fraction of sp³-hybridized carbons (Fsp3) is 0.156. The predicted octanol–water partition coefficient (Wildman–Crippen LogP) is 4.40. The number of rotatable bonds is 7. The molecule has 0 unspecified atom stereocenters. The van der Waals surface area contributed by atoms with E-state index in [1.165, 1.54) is 11.6 Å². The minimum atomic E-state index is -0.422. The zero-order valence-corrected chi connectivity index (χ0v) is 22.6. The van der Waals surface area contributed by atoms with Gasteiger partial charge >= 0.3 is 5.69 Å². The standard InChI is InChI=1S/C32H28N4O5/c1-35-30-29(31(39)36(2)32(35)40)33-28(34-30)15-16-41-24-11-3-19(4-12-24)17-27-25(20-5-8-22(37)9-6-20)13-7-21-18-23(38)10-14-26(21)27/h3-14,18,37-38H,15-17H2,1-2H3,(H,33,34). The van der Waals surface area contributed by atoms with Crippen molar-refractivity contribution in [3.8, 4) is 28.4 Å². The van der Waals surface area contributed by atoms with Crippen LogP contribution in [0, 0.1) is 0 Å². The lowest BCUT2D eigenvalue weighted by Gasteiger charge is -2.15. The number of aryl methyl sites for hydroxylation is 1. The second-order valence-electron chi connectivity index (χ2n) is 10.1. The van der Waals surface area contributed by atoms with Crippen LogP contribution < -0.4 is 16.0 Å². The van der Waals surface area contributed by atoms with Gasteiger partial charge in [0.1, 0.15) is 28.6 Å². The number of nitrogens with zero attached hydrogens (tertiary/aromatic N) is 3. The molecule has 9 heteroatoms. The number of aromatic amines is 1. The van der Waals surface area contributed by atoms with Crippen molar-refractivity contribution in [2.45, 2.75) is 12.8 Å². The van der Waals surface area contributed by atoms with E-state index < -0.39 is 11.2 Å². The third-order valence-electron chi connectivity index (χ3n) is 7.35. The molecule has 4 aromatic carbocycles. The third kappa shape index (κ3) is 4.93. The number of phenolic OH excluding ortho intramolecular Hbond substituents is 2. The van der Waals surface area contributed by atoms with Gasteiger partial charge in [-0.1, -0.05) is 42.5 Å². The van der Waals surface area contributed by atoms with Crippen LogP contribution >= 0.6 is 0 Å². The maximum Gasteiger partial charge on any atom is 0.332 e. The topological polar surface area (TPSA) is 122 Å². The summed E-state index contributed by atoms with van der Waals surface area (Å²) in [6, 6.07) is 24.5. The van der Waals surface area contributed by atoms with Crippen LogP contribution in [-0.4, -0.2) is 35.9 Å². The Bertz CT molecular complexity index is 2020. The molecule has 0 saturated heterocycles. The summed E-state index contributed by atoms with van der Waals surface area (Å²) < 4.78 is 8.35. The lowest BCUT2D eigenvalue weighted by atomic mass is 9.90. The molecule has 9 nitrogen and oxygen atoms in total. The summed E-state index contributed by atoms with van der Waals surface area (Å²) in [6.07, 6.45) is 1.10. The molecule has 6 rings (SSSR count). The van der Waals surface area contributed by atoms with Crippen molar-refractivity contribution < 1.29 is 14.9 Å². The number of nitrogens with one attached hydrogen (secondary N) is 1. The highest BCUT2D eigenvalue weighted by atomic mass is 16.5. The molecule has 0 bridgehead atoms. The second-order valence-corrected chi connectivity index (χ2v) is 10.1. The summed E-state index contributed by atoms with van der Waals surface area (Å²) in [4.78, 5) is 32.0. The first-order valence-electron chi connectivity index (χ1n) is 13.2. The van der Waals surface area contributed by atoms with Crippen LogP contribution in [0.15, 0.2) is 88.5 Å². The molecule has 0 spiro atoms. The van der Waals surface area contributed by atoms with Gasteiger partial charge in [-0.25, -0.2) is 9.78 Å². The number of phenols is 2. The number of H-pyrrole nitrogens is 1. The summed E-state index contributed by atoms with van der Waals surface area (Å²) in [6.45, 7) is 0.339. The molecular formula is C32H28N4O5. The SMILES string of the molecule is Cn1c(=O)c2[nH]c(CCOc3ccc(Cc4c(-c5ccc(O)cc5)ccc5cc(O)ccc45)cc3)nc2n(C)c1=O. The van der Waals surface area contributed by atoms with Gasteiger partial charge in [0.05, 0.1) is 6.61 Å². The minimum Gasteiger partial charge on any atom is -0.508 e. The number of fused-ring (bicyclic) bond motifs is 2. The number of ether oxygens (including phenoxy) is 1. The first-order valence-corrected chi connectivity index (χ1v) is 13.2. The van der Waals surface area contributed by atoms with E-state index in [0.29, 0.717) is 42.2 Å². The van der Waals surface area contributed by atoms with E-state index in [1.807, 2.05) is 54.6 Å². The van der Waals surface area contributed by atoms with Gasteiger partial charge in [0.15, 0.2) is 5.65 Å². The quantitative estimate of drug-likeness (QED) is 0.272. The molecule has 0 fully saturated rings. The average molecular weight is 549 g/mol. The van der Waals surface area contributed by atoms with E-state index in [0.717, 1.165) is 37.6 Å². The summed E-state index contributed by atoms with van der Waals surface area (Å²) in [5.74, 6) is 1.71. The van der Waals surface area contributed by atoms with E-state index in [2.05, 4.69) is 9.97 Å². The molecule has 2 aromatic heterocycles. The Kier molecular flexibility index (Phi) is 6.55. The summed E-state index contributed by atoms with van der Waals surface area (Å²) in [5.41, 5.74) is 4.05. The molecule has 0 saturated carbocycles. The Morgan fingerprint density at radius 1 is 0.854 bits per heavy atom. The Morgan fingerprint density at radius 2 is 1.59 bits per heavy atom. The monoisotopic (exact) mass is 548 g/mol. The van der Waals surface area contributed by atoms with Gasteiger partial charge < -0.3 is 19.9 Å². The maximum absolute atomic E-state index is 12.4. The van der Waals surface area contributed by atoms with Gasteiger partial charge in [0.25, 0.3) is 5.56 Å². The Morgan fingerprint density at radius 3 is 2.34 bits per heavy atom. The van der Waals surface area contributed by atoms with Crippen molar-refractivity contribution in [2.75, 3.05) is 6.61 Å². The highest BCUT2D eigenvalue weighted by molar-refractivity contribution is 5.93. The molecule has 0 radical (unpaired) electrons. The maximum atomic E-state index is 12.4. The Balaban J connectivity index is 1.20. The lowest BCUT2D eigenvalue weighted by molar-refractivity contribution is 0.319. The molecule has 0 atom stereocenters. The van der Waals surface area contributed by atoms with Crippen molar-refractivity contribution in [3.05, 3.63) is 117 Å². The Hall–Kier alpha value is -5.31. The van der Waals surface area contributed by atoms with Gasteiger partial charge in [-0.05, 0) is 75.8 Å². The molecule has 0 amide bonds. The van der Waals surface area contributed by atoms with Crippen molar-refractivity contribution in [2.24, 2.45) is 14.1 Å². The van der Waals surface area contributed by atoms with E-state index in [-0.39, 0.29) is 11.5 Å². The molecule has 2 heterocycles. The van der Waals surface area contributed by atoms with E-state index in [9.17, 15) is 19.8 Å². The van der Waals surface area contributed by atoms with Gasteiger partial charge in [-0.3, -0.25) is 13.9 Å². The minimum absolute atomic E-state index is 0.215. The van der Waals surface area contributed by atoms with Crippen molar-refractivity contribution in [1.82, 2.24) is 19.1 Å². The van der Waals surface area contributed by atoms with Crippen molar-refractivity contribution in [3.63, 3.8) is 0 Å². The fourth-order valence-electron chi connectivity index (χ4n) is 5.15. The number of hydrogen-bond donors (Lipinski definition) is 3. The summed E-state index contributed by atoms with van der Waals surface area (Å²) >= 11 is 0. The molecular weight excluding hydrogens is 520 g/mol. The van der Waals surface area contributed by atoms with Crippen LogP contribution in [0.3, 0.4) is 0 Å². The molecule has 6 aromatic rings. The van der Waals surface area contributed by atoms with Gasteiger partial charge in [-0.2, -0.15) is 0 Å². The van der Waals surface area contributed by atoms with Gasteiger partial charge in [0.2, 0.25) is 0 Å². The van der Waals surface area contributed by atoms with Gasteiger partial charge in [-0.15, -0.1) is 0 Å². The van der Waals surface area contributed by atoms with Gasteiger partial charge in [0, 0.05) is 20.5 Å². The first kappa shape index (κ1) is 25.9. The van der Waals surface area contributed by atoms with Crippen LogP contribution in [0.1, 0.15) is 17.0 Å². The van der Waals surface area contributed by atoms with Crippen LogP contribution in [0.5, 0.6) is 17.2 Å². The third-order valence-corrected chi connectivity index (χ3v) is 7.35. The number of imidazole rings is 1. The fourth-order valence-corrected chi connectivity index (χ4v) is 5.15. The molecule has 0 aliphatic heterocycles. The number of hydrogen-bond acceptors (Lipinski definition) is 6. The first-order chi connectivity index (χ1) is 19.8. The highest BCUT2D eigenvalue weighted by Gasteiger charge is 2.14. The van der Waals surface area contributed by atoms with Crippen LogP contribution in [0.2, 0.25) is 0 Å². The lowest BCUT2D eigenvalue weighted by Crippen LogP contribution is -2.36. The second kappa shape index (κ2) is 10.3. The zero-order valence-electron chi connectivity index (χ0n) is 22.6. The molecule has 0 aliphatic rings. The molecule has 206 valence electrons. The summed E-state index contributed by atoms with van der Waals surface area (Å²) in [7, 11) is 3.03. The highest BCUT2D eigenvalue weighted by Crippen LogP contribution is 2.34. The smallest absolute Gasteiger partial charge is 0.332 e. The van der Waals surface area contributed by atoms with Crippen molar-refractivity contribution in [1.29, 1.82) is 0 Å². The number of aromatic nitrogens is 4. The number of aromatic hydroxyl groups is 2. The van der Waals surface area contributed by atoms with Crippen molar-refractivity contribution >= 4 is 21.9 Å². The molecule has 3 N–H and O–H groups in total. The Labute approximate surface area is 234 Å². The van der Waals surface area contributed by atoms with Crippen LogP contribution in [-0.2, 0) is 26.9 Å². The average Bonchev–Trinajstić information content (AvgIpc) is 3.41. The molecule has 0 aliphatic carbocycles. The molecule has 41 heavy (non-hydrogen) atoms. The van der Waals surface area contributed by atoms with E-state index in [4.69, 9.17) is 4.74 Å². The van der Waals surface area contributed by atoms with E-state index in [1.54, 1.807) is 31.3 Å². The number of benzene rings is 4. The largest absolute Gasteiger partial charge is 0.508 e. The summed E-state index contributed by atoms with van der Waals surface area (Å²) in [5, 5.41) is 21.8.